The summed E-state index contributed by atoms with van der Waals surface area (Å²) in [6, 6.07) is 0. The molecule has 2 aliphatic heterocycles. The highest BCUT2D eigenvalue weighted by Crippen LogP contribution is 2.38. The zero-order valence-electron chi connectivity index (χ0n) is 12.3. The molecule has 2 heterocycles. The number of carbonyl (C=O) groups excluding carboxylic acids is 1. The van der Waals surface area contributed by atoms with Crippen LogP contribution < -0.4 is 0 Å². The van der Waals surface area contributed by atoms with Crippen LogP contribution in [0.1, 0.15) is 38.5 Å². The maximum Gasteiger partial charge on any atom is 0.225 e. The van der Waals surface area contributed by atoms with E-state index in [0.29, 0.717) is 12.8 Å². The number of carbonyl (C=O) groups is 1. The van der Waals surface area contributed by atoms with Crippen molar-refractivity contribution in [2.24, 2.45) is 5.92 Å². The van der Waals surface area contributed by atoms with Gasteiger partial charge in [-0.2, -0.15) is 0 Å². The molecule has 1 spiro atoms. The van der Waals surface area contributed by atoms with Gasteiger partial charge in [0.15, 0.2) is 0 Å². The van der Waals surface area contributed by atoms with Crippen molar-refractivity contribution in [2.75, 3.05) is 26.2 Å². The lowest BCUT2D eigenvalue weighted by Gasteiger charge is -2.47. The normalized spacial score (nSPS) is 38.0. The molecule has 1 aliphatic carbocycles. The van der Waals surface area contributed by atoms with Gasteiger partial charge in [-0.3, -0.25) is 9.69 Å². The summed E-state index contributed by atoms with van der Waals surface area (Å²) in [5, 5.41) is 9.39. The summed E-state index contributed by atoms with van der Waals surface area (Å²) in [7, 11) is 0. The molecule has 1 saturated carbocycles. The van der Waals surface area contributed by atoms with E-state index in [1.165, 1.54) is 19.3 Å². The number of aliphatic hydroxyl groups is 1. The van der Waals surface area contributed by atoms with Gasteiger partial charge < -0.3 is 10.0 Å². The minimum Gasteiger partial charge on any atom is -0.393 e. The fourth-order valence-corrected chi connectivity index (χ4v) is 4.25. The Morgan fingerprint density at radius 3 is 2.65 bits per heavy atom. The highest BCUT2D eigenvalue weighted by atomic mass is 16.3. The highest BCUT2D eigenvalue weighted by Gasteiger charge is 2.46. The van der Waals surface area contributed by atoms with Gasteiger partial charge in [-0.15, -0.1) is 6.58 Å². The predicted octanol–water partition coefficient (Wildman–Crippen LogP) is 1.40. The number of piperidine rings is 1. The quantitative estimate of drug-likeness (QED) is 0.794. The van der Waals surface area contributed by atoms with E-state index < -0.39 is 0 Å². The summed E-state index contributed by atoms with van der Waals surface area (Å²) in [4.78, 5) is 17.1. The van der Waals surface area contributed by atoms with E-state index >= 15 is 0 Å². The summed E-state index contributed by atoms with van der Waals surface area (Å²) in [5.74, 6) is 0.356. The molecule has 0 aromatic rings. The average Bonchev–Trinajstić information content (AvgIpc) is 2.78. The Hall–Kier alpha value is -0.870. The van der Waals surface area contributed by atoms with Crippen LogP contribution >= 0.6 is 0 Å². The smallest absolute Gasteiger partial charge is 0.225 e. The van der Waals surface area contributed by atoms with Gasteiger partial charge in [0.25, 0.3) is 0 Å². The van der Waals surface area contributed by atoms with Crippen molar-refractivity contribution in [3.63, 3.8) is 0 Å². The molecule has 20 heavy (non-hydrogen) atoms. The molecule has 1 N–H and O–H groups in total. The minimum atomic E-state index is -0.244. The lowest BCUT2D eigenvalue weighted by molar-refractivity contribution is -0.146. The van der Waals surface area contributed by atoms with E-state index in [9.17, 15) is 9.90 Å². The third-order valence-corrected chi connectivity index (χ3v) is 5.42. The van der Waals surface area contributed by atoms with Crippen LogP contribution in [0.25, 0.3) is 0 Å². The number of amides is 1. The van der Waals surface area contributed by atoms with Crippen LogP contribution in [0.3, 0.4) is 0 Å². The van der Waals surface area contributed by atoms with E-state index in [1.807, 2.05) is 6.08 Å². The van der Waals surface area contributed by atoms with Crippen molar-refractivity contribution >= 4 is 5.91 Å². The summed E-state index contributed by atoms with van der Waals surface area (Å²) in [5.41, 5.74) is 0.199. The van der Waals surface area contributed by atoms with Crippen molar-refractivity contribution in [3.8, 4) is 0 Å². The molecule has 3 fully saturated rings. The van der Waals surface area contributed by atoms with Crippen LogP contribution in [-0.4, -0.2) is 58.6 Å². The van der Waals surface area contributed by atoms with Crippen molar-refractivity contribution < 1.29 is 9.90 Å². The standard InChI is InChI=1S/C16H26N2O2/c1-2-7-18-9-4-6-16(18)5-3-8-17(12-16)15(20)13-10-14(19)11-13/h2,13-14,19H,1,3-12H2. The zero-order valence-corrected chi connectivity index (χ0v) is 12.3. The summed E-state index contributed by atoms with van der Waals surface area (Å²) < 4.78 is 0. The Bertz CT molecular complexity index is 392. The fraction of sp³-hybridized carbons (Fsp3) is 0.812. The monoisotopic (exact) mass is 278 g/mol. The second-order valence-corrected chi connectivity index (χ2v) is 6.75. The van der Waals surface area contributed by atoms with E-state index in [4.69, 9.17) is 0 Å². The van der Waals surface area contributed by atoms with E-state index in [2.05, 4.69) is 16.4 Å². The molecule has 1 unspecified atom stereocenters. The molecule has 0 bridgehead atoms. The molecule has 4 nitrogen and oxygen atoms in total. The van der Waals surface area contributed by atoms with Crippen LogP contribution in [-0.2, 0) is 4.79 Å². The first kappa shape index (κ1) is 14.1. The molecule has 4 heteroatoms. The molecule has 0 radical (unpaired) electrons. The SMILES string of the molecule is C=CCN1CCCC12CCCN(C(=O)C1CC(O)C1)C2. The molecule has 1 atom stereocenters. The number of hydrogen-bond acceptors (Lipinski definition) is 3. The first-order chi connectivity index (χ1) is 9.64. The van der Waals surface area contributed by atoms with Crippen molar-refractivity contribution in [3.05, 3.63) is 12.7 Å². The Kier molecular flexibility index (Phi) is 3.87. The Morgan fingerprint density at radius 1 is 1.30 bits per heavy atom. The van der Waals surface area contributed by atoms with E-state index in [0.717, 1.165) is 32.6 Å². The summed E-state index contributed by atoms with van der Waals surface area (Å²) in [6.07, 6.45) is 7.82. The number of rotatable bonds is 3. The zero-order chi connectivity index (χ0) is 14.2. The molecule has 3 aliphatic rings. The van der Waals surface area contributed by atoms with Crippen LogP contribution in [0.15, 0.2) is 12.7 Å². The van der Waals surface area contributed by atoms with Crippen molar-refractivity contribution in [2.45, 2.75) is 50.2 Å². The minimum absolute atomic E-state index is 0.0782. The summed E-state index contributed by atoms with van der Waals surface area (Å²) in [6.45, 7) is 7.71. The van der Waals surface area contributed by atoms with Gasteiger partial charge >= 0.3 is 0 Å². The number of nitrogens with zero attached hydrogens (tertiary/aromatic N) is 2. The van der Waals surface area contributed by atoms with Crippen molar-refractivity contribution in [1.82, 2.24) is 9.80 Å². The van der Waals surface area contributed by atoms with Crippen LogP contribution in [0.4, 0.5) is 0 Å². The van der Waals surface area contributed by atoms with Gasteiger partial charge in [0.05, 0.1) is 6.10 Å². The third kappa shape index (κ3) is 2.40. The molecule has 2 saturated heterocycles. The molecule has 0 aromatic carbocycles. The Labute approximate surface area is 121 Å². The summed E-state index contributed by atoms with van der Waals surface area (Å²) >= 11 is 0. The molecule has 0 aromatic heterocycles. The lowest BCUT2D eigenvalue weighted by Crippen LogP contribution is -2.58. The molecule has 1 amide bonds. The Balaban J connectivity index is 1.66. The second-order valence-electron chi connectivity index (χ2n) is 6.75. The molecular formula is C16H26N2O2. The lowest BCUT2D eigenvalue weighted by atomic mass is 9.80. The van der Waals surface area contributed by atoms with E-state index in [1.54, 1.807) is 0 Å². The third-order valence-electron chi connectivity index (χ3n) is 5.42. The van der Waals surface area contributed by atoms with Gasteiger partial charge in [-0.25, -0.2) is 0 Å². The number of likely N-dealkylation sites (tertiary alicyclic amines) is 2. The first-order valence-electron chi connectivity index (χ1n) is 7.97. The van der Waals surface area contributed by atoms with Gasteiger partial charge in [0.1, 0.15) is 0 Å². The number of hydrogen-bond donors (Lipinski definition) is 1. The fourth-order valence-electron chi connectivity index (χ4n) is 4.25. The maximum absolute atomic E-state index is 12.5. The number of aliphatic hydroxyl groups excluding tert-OH is 1. The van der Waals surface area contributed by atoms with Gasteiger partial charge in [0.2, 0.25) is 5.91 Å². The molecule has 112 valence electrons. The average molecular weight is 278 g/mol. The predicted molar refractivity (Wildman–Crippen MR) is 78.3 cm³/mol. The van der Waals surface area contributed by atoms with Gasteiger partial charge in [-0.1, -0.05) is 6.08 Å². The second kappa shape index (κ2) is 5.49. The van der Waals surface area contributed by atoms with Gasteiger partial charge in [-0.05, 0) is 45.1 Å². The first-order valence-corrected chi connectivity index (χ1v) is 7.97. The molecular weight excluding hydrogens is 252 g/mol. The van der Waals surface area contributed by atoms with Crippen molar-refractivity contribution in [1.29, 1.82) is 0 Å². The molecule has 3 rings (SSSR count). The van der Waals surface area contributed by atoms with Crippen LogP contribution in [0.5, 0.6) is 0 Å². The van der Waals surface area contributed by atoms with E-state index in [-0.39, 0.29) is 23.5 Å². The van der Waals surface area contributed by atoms with Gasteiger partial charge in [0, 0.05) is 31.1 Å². The van der Waals surface area contributed by atoms with Crippen LogP contribution in [0.2, 0.25) is 0 Å². The maximum atomic E-state index is 12.5. The van der Waals surface area contributed by atoms with Crippen LogP contribution in [0, 0.1) is 5.92 Å². The highest BCUT2D eigenvalue weighted by molar-refractivity contribution is 5.80. The largest absolute Gasteiger partial charge is 0.393 e. The Morgan fingerprint density at radius 2 is 2.00 bits per heavy atom. The topological polar surface area (TPSA) is 43.8 Å².